The zero-order valence-corrected chi connectivity index (χ0v) is 6.73. The second-order valence-electron chi connectivity index (χ2n) is 2.36. The van der Waals surface area contributed by atoms with E-state index in [-0.39, 0.29) is 11.3 Å². The van der Waals surface area contributed by atoms with Gasteiger partial charge in [0.15, 0.2) is 0 Å². The van der Waals surface area contributed by atoms with E-state index in [1.807, 2.05) is 0 Å². The largest absolute Gasteiger partial charge is 0.391 e. The van der Waals surface area contributed by atoms with Gasteiger partial charge >= 0.3 is 0 Å². The minimum atomic E-state index is -0.563. The number of benzene rings is 1. The van der Waals surface area contributed by atoms with Crippen LogP contribution in [0, 0.1) is 10.1 Å². The number of nitrogens with one attached hydrogen (secondary N) is 1. The summed E-state index contributed by atoms with van der Waals surface area (Å²) in [6.07, 6.45) is 0. The number of aliphatic hydroxyl groups is 1. The summed E-state index contributed by atoms with van der Waals surface area (Å²) in [5.41, 5.74) is 2.68. The number of hydrogen-bond acceptors (Lipinski definition) is 5. The van der Waals surface area contributed by atoms with E-state index in [9.17, 15) is 10.1 Å². The third-order valence-corrected chi connectivity index (χ3v) is 1.66. The fraction of sp³-hybridized carbons (Fsp3) is 0.143. The van der Waals surface area contributed by atoms with Gasteiger partial charge in [0.05, 0.1) is 22.8 Å². The first kappa shape index (κ1) is 9.43. The fourth-order valence-electron chi connectivity index (χ4n) is 1.05. The van der Waals surface area contributed by atoms with Crippen molar-refractivity contribution in [2.24, 2.45) is 5.84 Å². The Morgan fingerprint density at radius 3 is 2.77 bits per heavy atom. The van der Waals surface area contributed by atoms with Gasteiger partial charge in [-0.05, 0) is 6.07 Å². The van der Waals surface area contributed by atoms with Crippen LogP contribution in [0.15, 0.2) is 18.2 Å². The highest BCUT2D eigenvalue weighted by Gasteiger charge is 2.15. The van der Waals surface area contributed by atoms with Crippen LogP contribution in [0.3, 0.4) is 0 Å². The summed E-state index contributed by atoms with van der Waals surface area (Å²) in [4.78, 5) is 9.91. The molecule has 0 saturated carbocycles. The van der Waals surface area contributed by atoms with Crippen molar-refractivity contribution in [1.82, 2.24) is 0 Å². The van der Waals surface area contributed by atoms with Crippen LogP contribution in [0.1, 0.15) is 5.56 Å². The second-order valence-corrected chi connectivity index (χ2v) is 2.36. The Hall–Kier alpha value is -1.66. The average Bonchev–Trinajstić information content (AvgIpc) is 2.16. The van der Waals surface area contributed by atoms with Crippen molar-refractivity contribution in [3.8, 4) is 0 Å². The van der Waals surface area contributed by atoms with Crippen LogP contribution < -0.4 is 11.3 Å². The summed E-state index contributed by atoms with van der Waals surface area (Å²) in [5, 5.41) is 19.4. The molecule has 0 atom stereocenters. The fourth-order valence-corrected chi connectivity index (χ4v) is 1.05. The number of nitrogens with zero attached hydrogens (tertiary/aromatic N) is 1. The summed E-state index contributed by atoms with van der Waals surface area (Å²) >= 11 is 0. The molecule has 0 bridgehead atoms. The molecule has 0 heterocycles. The Balaban J connectivity index is 3.27. The van der Waals surface area contributed by atoms with Gasteiger partial charge in [0.25, 0.3) is 5.69 Å². The van der Waals surface area contributed by atoms with E-state index in [4.69, 9.17) is 10.9 Å². The number of nitro groups is 1. The first-order chi connectivity index (χ1) is 6.20. The minimum absolute atomic E-state index is 0.141. The molecule has 13 heavy (non-hydrogen) atoms. The Labute approximate surface area is 74.1 Å². The van der Waals surface area contributed by atoms with E-state index in [1.54, 1.807) is 6.07 Å². The Kier molecular flexibility index (Phi) is 2.78. The van der Waals surface area contributed by atoms with Crippen molar-refractivity contribution in [2.45, 2.75) is 6.61 Å². The third-order valence-electron chi connectivity index (χ3n) is 1.66. The summed E-state index contributed by atoms with van der Waals surface area (Å²) < 4.78 is 0. The maximum absolute atomic E-state index is 10.5. The molecule has 0 aromatic heterocycles. The molecule has 1 aromatic rings. The number of hydrazine groups is 1. The van der Waals surface area contributed by atoms with Crippen molar-refractivity contribution >= 4 is 11.4 Å². The highest BCUT2D eigenvalue weighted by molar-refractivity contribution is 5.59. The maximum Gasteiger partial charge on any atom is 0.277 e. The van der Waals surface area contributed by atoms with Gasteiger partial charge < -0.3 is 10.5 Å². The summed E-state index contributed by atoms with van der Waals surface area (Å²) in [5.74, 6) is 5.11. The van der Waals surface area contributed by atoms with Crippen molar-refractivity contribution in [2.75, 3.05) is 5.43 Å². The molecule has 0 aliphatic carbocycles. The standard InChI is InChI=1S/C7H9N3O3/c8-9-6-2-1-3-7(10(12)13)5(6)4-11/h1-3,9,11H,4,8H2. The van der Waals surface area contributed by atoms with E-state index in [1.165, 1.54) is 12.1 Å². The predicted molar refractivity (Wildman–Crippen MR) is 46.8 cm³/mol. The number of nitrogens with two attached hydrogens (primary N) is 1. The van der Waals surface area contributed by atoms with Gasteiger partial charge in [0.2, 0.25) is 0 Å². The SMILES string of the molecule is NNc1cccc([N+](=O)[O-])c1CO. The summed E-state index contributed by atoms with van der Waals surface area (Å²) in [7, 11) is 0. The van der Waals surface area contributed by atoms with E-state index in [0.717, 1.165) is 0 Å². The Bertz CT molecular complexity index is 327. The lowest BCUT2D eigenvalue weighted by molar-refractivity contribution is -0.385. The molecule has 6 heteroatoms. The van der Waals surface area contributed by atoms with Gasteiger partial charge in [0.1, 0.15) is 0 Å². The van der Waals surface area contributed by atoms with Gasteiger partial charge in [-0.2, -0.15) is 0 Å². The van der Waals surface area contributed by atoms with Gasteiger partial charge in [-0.15, -0.1) is 0 Å². The average molecular weight is 183 g/mol. The van der Waals surface area contributed by atoms with Crippen LogP contribution in [0.2, 0.25) is 0 Å². The summed E-state index contributed by atoms with van der Waals surface area (Å²) in [6, 6.07) is 4.36. The molecule has 70 valence electrons. The molecule has 1 aromatic carbocycles. The number of aliphatic hydroxyl groups excluding tert-OH is 1. The van der Waals surface area contributed by atoms with Gasteiger partial charge in [-0.25, -0.2) is 0 Å². The second kappa shape index (κ2) is 3.83. The van der Waals surface area contributed by atoms with E-state index >= 15 is 0 Å². The van der Waals surface area contributed by atoms with E-state index in [0.29, 0.717) is 5.69 Å². The van der Waals surface area contributed by atoms with Crippen LogP contribution in [-0.2, 0) is 6.61 Å². The van der Waals surface area contributed by atoms with Crippen LogP contribution in [0.4, 0.5) is 11.4 Å². The van der Waals surface area contributed by atoms with Crippen LogP contribution >= 0.6 is 0 Å². The van der Waals surface area contributed by atoms with Crippen LogP contribution in [-0.4, -0.2) is 10.0 Å². The van der Waals surface area contributed by atoms with E-state index < -0.39 is 11.5 Å². The Morgan fingerprint density at radius 1 is 1.62 bits per heavy atom. The molecule has 0 saturated heterocycles. The molecule has 0 radical (unpaired) electrons. The highest BCUT2D eigenvalue weighted by atomic mass is 16.6. The molecule has 0 amide bonds. The molecule has 1 rings (SSSR count). The number of nitrogen functional groups attached to an aromatic ring is 1. The number of nitro benzene ring substituents is 1. The van der Waals surface area contributed by atoms with Crippen LogP contribution in [0.5, 0.6) is 0 Å². The lowest BCUT2D eigenvalue weighted by atomic mass is 10.1. The molecule has 0 aliphatic heterocycles. The third kappa shape index (κ3) is 1.74. The number of anilines is 1. The van der Waals surface area contributed by atoms with E-state index in [2.05, 4.69) is 5.43 Å². The van der Waals surface area contributed by atoms with Crippen molar-refractivity contribution in [3.05, 3.63) is 33.9 Å². The Morgan fingerprint density at radius 2 is 2.31 bits per heavy atom. The molecule has 0 aliphatic rings. The van der Waals surface area contributed by atoms with Crippen molar-refractivity contribution in [3.63, 3.8) is 0 Å². The zero-order chi connectivity index (χ0) is 9.84. The lowest BCUT2D eigenvalue weighted by Gasteiger charge is -2.05. The molecule has 0 fully saturated rings. The first-order valence-corrected chi connectivity index (χ1v) is 3.54. The van der Waals surface area contributed by atoms with Crippen molar-refractivity contribution < 1.29 is 10.0 Å². The molecule has 6 nitrogen and oxygen atoms in total. The molecular formula is C7H9N3O3. The molecule has 0 unspecified atom stereocenters. The zero-order valence-electron chi connectivity index (χ0n) is 6.73. The molecular weight excluding hydrogens is 174 g/mol. The van der Waals surface area contributed by atoms with Gasteiger partial charge in [0, 0.05) is 6.07 Å². The quantitative estimate of drug-likeness (QED) is 0.357. The van der Waals surface area contributed by atoms with Gasteiger partial charge in [-0.3, -0.25) is 16.0 Å². The smallest absolute Gasteiger partial charge is 0.277 e. The first-order valence-electron chi connectivity index (χ1n) is 3.54. The normalized spacial score (nSPS) is 9.69. The lowest BCUT2D eigenvalue weighted by Crippen LogP contribution is -2.10. The predicted octanol–water partition coefficient (Wildman–Crippen LogP) is 0.373. The van der Waals surface area contributed by atoms with Crippen molar-refractivity contribution in [1.29, 1.82) is 0 Å². The minimum Gasteiger partial charge on any atom is -0.391 e. The van der Waals surface area contributed by atoms with Gasteiger partial charge in [-0.1, -0.05) is 6.07 Å². The number of hydrogen-bond donors (Lipinski definition) is 3. The molecule has 0 spiro atoms. The molecule has 4 N–H and O–H groups in total. The highest BCUT2D eigenvalue weighted by Crippen LogP contribution is 2.25. The number of rotatable bonds is 3. The topological polar surface area (TPSA) is 101 Å². The summed E-state index contributed by atoms with van der Waals surface area (Å²) in [6.45, 7) is -0.420. The monoisotopic (exact) mass is 183 g/mol. The van der Waals surface area contributed by atoms with Crippen LogP contribution in [0.25, 0.3) is 0 Å². The maximum atomic E-state index is 10.5.